The number of rotatable bonds is 6. The van der Waals surface area contributed by atoms with Gasteiger partial charge in [0, 0.05) is 26.2 Å². The second kappa shape index (κ2) is 7.46. The van der Waals surface area contributed by atoms with Crippen molar-refractivity contribution in [3.63, 3.8) is 0 Å². The average molecular weight is 263 g/mol. The first-order valence-electron chi connectivity index (χ1n) is 7.32. The molecule has 1 saturated carbocycles. The highest BCUT2D eigenvalue weighted by atomic mass is 16.3. The molecule has 4 heteroatoms. The Hall–Kier alpha value is -1.13. The number of nitrogens with zero attached hydrogens (tertiary/aromatic N) is 2. The van der Waals surface area contributed by atoms with Gasteiger partial charge in [-0.1, -0.05) is 25.3 Å². The van der Waals surface area contributed by atoms with Crippen LogP contribution in [0.1, 0.15) is 37.8 Å². The molecule has 2 N–H and O–H groups in total. The van der Waals surface area contributed by atoms with Gasteiger partial charge in [-0.2, -0.15) is 0 Å². The molecule has 1 heterocycles. The highest BCUT2D eigenvalue weighted by molar-refractivity contribution is 5.34. The van der Waals surface area contributed by atoms with E-state index in [0.29, 0.717) is 6.04 Å². The van der Waals surface area contributed by atoms with E-state index in [9.17, 15) is 5.11 Å². The molecule has 0 aliphatic heterocycles. The van der Waals surface area contributed by atoms with E-state index < -0.39 is 0 Å². The number of anilines is 1. The van der Waals surface area contributed by atoms with Gasteiger partial charge in [-0.3, -0.25) is 4.90 Å². The van der Waals surface area contributed by atoms with E-state index in [-0.39, 0.29) is 6.61 Å². The molecular formula is C15H25N3O. The Balaban J connectivity index is 2.01. The Morgan fingerprint density at radius 3 is 2.79 bits per heavy atom. The summed E-state index contributed by atoms with van der Waals surface area (Å²) in [4.78, 5) is 6.96. The fraction of sp³-hybridized carbons (Fsp3) is 0.667. The molecule has 4 nitrogen and oxygen atoms in total. The molecule has 1 aromatic heterocycles. The SMILES string of the molecule is CNc1cccc(CN(CCO)C2CCCCC2)n1. The van der Waals surface area contributed by atoms with Crippen molar-refractivity contribution in [3.8, 4) is 0 Å². The van der Waals surface area contributed by atoms with Crippen LogP contribution in [0.2, 0.25) is 0 Å². The molecule has 0 bridgehead atoms. The third-order valence-electron chi connectivity index (χ3n) is 3.91. The van der Waals surface area contributed by atoms with E-state index in [1.165, 1.54) is 32.1 Å². The predicted molar refractivity (Wildman–Crippen MR) is 78.2 cm³/mol. The normalized spacial score (nSPS) is 16.8. The largest absolute Gasteiger partial charge is 0.395 e. The van der Waals surface area contributed by atoms with Crippen LogP contribution in [0.3, 0.4) is 0 Å². The lowest BCUT2D eigenvalue weighted by atomic mass is 9.94. The van der Waals surface area contributed by atoms with Gasteiger partial charge in [-0.15, -0.1) is 0 Å². The Bertz CT molecular complexity index is 377. The molecule has 0 saturated heterocycles. The van der Waals surface area contributed by atoms with Gasteiger partial charge in [0.05, 0.1) is 12.3 Å². The highest BCUT2D eigenvalue weighted by Gasteiger charge is 2.21. The average Bonchev–Trinajstić information content (AvgIpc) is 2.48. The predicted octanol–water partition coefficient (Wildman–Crippen LogP) is 2.25. The van der Waals surface area contributed by atoms with Gasteiger partial charge in [-0.05, 0) is 25.0 Å². The van der Waals surface area contributed by atoms with E-state index in [2.05, 4.69) is 21.3 Å². The van der Waals surface area contributed by atoms with Crippen molar-refractivity contribution in [2.24, 2.45) is 0 Å². The topological polar surface area (TPSA) is 48.4 Å². The molecule has 0 aromatic carbocycles. The Labute approximate surface area is 115 Å². The van der Waals surface area contributed by atoms with Crippen LogP contribution in [0.15, 0.2) is 18.2 Å². The number of aliphatic hydroxyl groups is 1. The zero-order chi connectivity index (χ0) is 13.5. The number of pyridine rings is 1. The van der Waals surface area contributed by atoms with Gasteiger partial charge in [0.25, 0.3) is 0 Å². The molecule has 0 amide bonds. The lowest BCUT2D eigenvalue weighted by Crippen LogP contribution is -2.38. The molecule has 1 aliphatic carbocycles. The molecule has 1 fully saturated rings. The number of hydrogen-bond donors (Lipinski definition) is 2. The lowest BCUT2D eigenvalue weighted by molar-refractivity contribution is 0.116. The van der Waals surface area contributed by atoms with Crippen molar-refractivity contribution in [1.29, 1.82) is 0 Å². The monoisotopic (exact) mass is 263 g/mol. The van der Waals surface area contributed by atoms with Crippen LogP contribution in [0.4, 0.5) is 5.82 Å². The van der Waals surface area contributed by atoms with Crippen molar-refractivity contribution in [2.45, 2.75) is 44.7 Å². The van der Waals surface area contributed by atoms with Gasteiger partial charge in [0.1, 0.15) is 5.82 Å². The third kappa shape index (κ3) is 4.18. The first-order valence-corrected chi connectivity index (χ1v) is 7.32. The Kier molecular flexibility index (Phi) is 5.61. The Morgan fingerprint density at radius 2 is 2.11 bits per heavy atom. The van der Waals surface area contributed by atoms with E-state index in [4.69, 9.17) is 0 Å². The van der Waals surface area contributed by atoms with Crippen molar-refractivity contribution in [2.75, 3.05) is 25.5 Å². The van der Waals surface area contributed by atoms with Gasteiger partial charge in [-0.25, -0.2) is 4.98 Å². The summed E-state index contributed by atoms with van der Waals surface area (Å²) in [6, 6.07) is 6.68. The number of aliphatic hydroxyl groups excluding tert-OH is 1. The summed E-state index contributed by atoms with van der Waals surface area (Å²) in [7, 11) is 1.89. The summed E-state index contributed by atoms with van der Waals surface area (Å²) in [5.74, 6) is 0.907. The van der Waals surface area contributed by atoms with Gasteiger partial charge in [0.2, 0.25) is 0 Å². The van der Waals surface area contributed by atoms with E-state index in [0.717, 1.165) is 24.6 Å². The van der Waals surface area contributed by atoms with Crippen molar-refractivity contribution < 1.29 is 5.11 Å². The second-order valence-electron chi connectivity index (χ2n) is 5.25. The molecule has 19 heavy (non-hydrogen) atoms. The fourth-order valence-electron chi connectivity index (χ4n) is 2.88. The molecule has 0 spiro atoms. The summed E-state index contributed by atoms with van der Waals surface area (Å²) in [5, 5.41) is 12.3. The van der Waals surface area contributed by atoms with Gasteiger partial charge < -0.3 is 10.4 Å². The summed E-state index contributed by atoms with van der Waals surface area (Å²) in [5.41, 5.74) is 1.07. The maximum Gasteiger partial charge on any atom is 0.126 e. The van der Waals surface area contributed by atoms with Crippen LogP contribution in [-0.4, -0.2) is 41.2 Å². The standard InChI is InChI=1S/C15H25N3O/c1-16-15-9-5-6-13(17-15)12-18(10-11-19)14-7-3-2-4-8-14/h5-6,9,14,19H,2-4,7-8,10-12H2,1H3,(H,16,17). The highest BCUT2D eigenvalue weighted by Crippen LogP contribution is 2.23. The van der Waals surface area contributed by atoms with Crippen LogP contribution in [0.5, 0.6) is 0 Å². The van der Waals surface area contributed by atoms with Crippen LogP contribution >= 0.6 is 0 Å². The molecule has 2 rings (SSSR count). The van der Waals surface area contributed by atoms with E-state index in [1.54, 1.807) is 0 Å². The second-order valence-corrected chi connectivity index (χ2v) is 5.25. The van der Waals surface area contributed by atoms with Crippen molar-refractivity contribution >= 4 is 5.82 Å². The third-order valence-corrected chi connectivity index (χ3v) is 3.91. The molecular weight excluding hydrogens is 238 g/mol. The maximum absolute atomic E-state index is 9.27. The fourth-order valence-corrected chi connectivity index (χ4v) is 2.88. The summed E-state index contributed by atoms with van der Waals surface area (Å²) < 4.78 is 0. The molecule has 106 valence electrons. The number of nitrogens with one attached hydrogen (secondary N) is 1. The van der Waals surface area contributed by atoms with Gasteiger partial charge in [0.15, 0.2) is 0 Å². The van der Waals surface area contributed by atoms with E-state index in [1.807, 2.05) is 19.2 Å². The first-order chi connectivity index (χ1) is 9.33. The van der Waals surface area contributed by atoms with Crippen molar-refractivity contribution in [3.05, 3.63) is 23.9 Å². The van der Waals surface area contributed by atoms with Gasteiger partial charge >= 0.3 is 0 Å². The minimum absolute atomic E-state index is 0.224. The molecule has 0 radical (unpaired) electrons. The maximum atomic E-state index is 9.27. The minimum Gasteiger partial charge on any atom is -0.395 e. The van der Waals surface area contributed by atoms with E-state index >= 15 is 0 Å². The smallest absolute Gasteiger partial charge is 0.126 e. The van der Waals surface area contributed by atoms with Crippen molar-refractivity contribution in [1.82, 2.24) is 9.88 Å². The summed E-state index contributed by atoms with van der Waals surface area (Å²) in [6.45, 7) is 1.80. The molecule has 0 unspecified atom stereocenters. The van der Waals surface area contributed by atoms with Crippen LogP contribution < -0.4 is 5.32 Å². The lowest BCUT2D eigenvalue weighted by Gasteiger charge is -2.33. The Morgan fingerprint density at radius 1 is 1.32 bits per heavy atom. The number of aromatic nitrogens is 1. The molecule has 1 aliphatic rings. The molecule has 0 atom stereocenters. The molecule has 1 aromatic rings. The first kappa shape index (κ1) is 14.3. The minimum atomic E-state index is 0.224. The number of hydrogen-bond acceptors (Lipinski definition) is 4. The summed E-state index contributed by atoms with van der Waals surface area (Å²) in [6.07, 6.45) is 6.50. The zero-order valence-electron chi connectivity index (χ0n) is 11.8. The van der Waals surface area contributed by atoms with Crippen LogP contribution in [-0.2, 0) is 6.54 Å². The summed E-state index contributed by atoms with van der Waals surface area (Å²) >= 11 is 0. The quantitative estimate of drug-likeness (QED) is 0.826. The van der Waals surface area contributed by atoms with Crippen LogP contribution in [0, 0.1) is 0 Å². The van der Waals surface area contributed by atoms with Crippen LogP contribution in [0.25, 0.3) is 0 Å². The zero-order valence-corrected chi connectivity index (χ0v) is 11.8.